The lowest BCUT2D eigenvalue weighted by Crippen LogP contribution is -2.51. The Morgan fingerprint density at radius 2 is 2.00 bits per heavy atom. The van der Waals surface area contributed by atoms with Gasteiger partial charge >= 0.3 is 6.03 Å². The molecule has 0 atom stereocenters. The Kier molecular flexibility index (Phi) is 5.79. The molecule has 1 aliphatic heterocycles. The van der Waals surface area contributed by atoms with Crippen LogP contribution in [0.4, 0.5) is 4.79 Å². The summed E-state index contributed by atoms with van der Waals surface area (Å²) in [6.45, 7) is 2.14. The van der Waals surface area contributed by atoms with Crippen molar-refractivity contribution >= 4 is 51.8 Å². The first-order chi connectivity index (χ1) is 15.9. The molecule has 0 radical (unpaired) electrons. The van der Waals surface area contributed by atoms with E-state index in [1.165, 1.54) is 11.8 Å². The van der Waals surface area contributed by atoms with Crippen molar-refractivity contribution in [3.05, 3.63) is 41.8 Å². The van der Waals surface area contributed by atoms with Crippen molar-refractivity contribution in [1.82, 2.24) is 25.7 Å². The van der Waals surface area contributed by atoms with E-state index in [-0.39, 0.29) is 11.7 Å². The highest BCUT2D eigenvalue weighted by Gasteiger charge is 2.52. The monoisotopic (exact) mass is 481 g/mol. The molecule has 3 aromatic rings. The number of hydrazine groups is 1. The molecule has 2 fully saturated rings. The number of nitrogens with zero attached hydrogens (tertiary/aromatic N) is 3. The second-order valence-corrected chi connectivity index (χ2v) is 10.4. The SMILES string of the molecule is CC1CCC2(CC1)NC(=O)N(NC(=O)CSc1nc(-c3cccs3)nc3ccccc13)C2=O. The van der Waals surface area contributed by atoms with E-state index in [1.54, 1.807) is 11.3 Å². The first kappa shape index (κ1) is 21.8. The minimum atomic E-state index is -0.886. The molecule has 8 nitrogen and oxygen atoms in total. The zero-order valence-electron chi connectivity index (χ0n) is 18.0. The van der Waals surface area contributed by atoms with Crippen LogP contribution in [-0.2, 0) is 9.59 Å². The van der Waals surface area contributed by atoms with Crippen LogP contribution in [0, 0.1) is 5.92 Å². The summed E-state index contributed by atoms with van der Waals surface area (Å²) in [5.74, 6) is 0.331. The minimum absolute atomic E-state index is 0.00593. The second-order valence-electron chi connectivity index (χ2n) is 8.51. The number of nitrogens with one attached hydrogen (secondary N) is 2. The molecule has 0 unspecified atom stereocenters. The maximum absolute atomic E-state index is 13.0. The Labute approximate surface area is 199 Å². The average Bonchev–Trinajstić information content (AvgIpc) is 3.43. The van der Waals surface area contributed by atoms with E-state index in [0.717, 1.165) is 33.6 Å². The first-order valence-corrected chi connectivity index (χ1v) is 12.7. The number of rotatable bonds is 5. The van der Waals surface area contributed by atoms with Crippen molar-refractivity contribution in [2.45, 2.75) is 43.2 Å². The quantitative estimate of drug-likeness (QED) is 0.325. The lowest BCUT2D eigenvalue weighted by atomic mass is 9.77. The molecule has 2 N–H and O–H groups in total. The van der Waals surface area contributed by atoms with Crippen molar-refractivity contribution in [3.63, 3.8) is 0 Å². The molecule has 4 amide bonds. The Morgan fingerprint density at radius 1 is 1.21 bits per heavy atom. The van der Waals surface area contributed by atoms with Crippen LogP contribution in [0.3, 0.4) is 0 Å². The van der Waals surface area contributed by atoms with Gasteiger partial charge in [-0.15, -0.1) is 11.3 Å². The number of thioether (sulfide) groups is 1. The Balaban J connectivity index is 1.30. The molecule has 10 heteroatoms. The van der Waals surface area contributed by atoms with Gasteiger partial charge in [-0.2, -0.15) is 5.01 Å². The van der Waals surface area contributed by atoms with E-state index in [1.807, 2.05) is 41.8 Å². The van der Waals surface area contributed by atoms with Crippen molar-refractivity contribution in [2.24, 2.45) is 5.92 Å². The number of hydrogen-bond donors (Lipinski definition) is 2. The molecular weight excluding hydrogens is 458 g/mol. The van der Waals surface area contributed by atoms with Gasteiger partial charge in [0.25, 0.3) is 5.91 Å². The van der Waals surface area contributed by atoms with Crippen LogP contribution >= 0.6 is 23.1 Å². The number of urea groups is 1. The topological polar surface area (TPSA) is 104 Å². The largest absolute Gasteiger partial charge is 0.344 e. The number of benzene rings is 1. The molecule has 3 heterocycles. The van der Waals surface area contributed by atoms with Gasteiger partial charge in [0.05, 0.1) is 16.1 Å². The standard InChI is InChI=1S/C23H23N5O3S2/c1-14-8-10-23(11-9-14)21(30)28(22(31)26-23)27-18(29)13-33-20-15-5-2-3-6-16(15)24-19(25-20)17-7-4-12-32-17/h2-7,12,14H,8-11,13H2,1H3,(H,26,31)(H,27,29). The van der Waals surface area contributed by atoms with Gasteiger partial charge < -0.3 is 5.32 Å². The van der Waals surface area contributed by atoms with Gasteiger partial charge in [0.2, 0.25) is 5.91 Å². The molecular formula is C23H23N5O3S2. The Hall–Kier alpha value is -2.98. The summed E-state index contributed by atoms with van der Waals surface area (Å²) < 4.78 is 0. The molecule has 1 saturated carbocycles. The van der Waals surface area contributed by atoms with Crippen LogP contribution in [0.1, 0.15) is 32.6 Å². The summed E-state index contributed by atoms with van der Waals surface area (Å²) in [7, 11) is 0. The fourth-order valence-corrected chi connectivity index (χ4v) is 5.75. The highest BCUT2D eigenvalue weighted by molar-refractivity contribution is 8.00. The zero-order chi connectivity index (χ0) is 23.0. The minimum Gasteiger partial charge on any atom is -0.322 e. The lowest BCUT2D eigenvalue weighted by Gasteiger charge is -2.33. The molecule has 5 rings (SSSR count). The van der Waals surface area contributed by atoms with E-state index >= 15 is 0 Å². The predicted molar refractivity (Wildman–Crippen MR) is 127 cm³/mol. The van der Waals surface area contributed by atoms with E-state index < -0.39 is 17.5 Å². The number of amides is 4. The molecule has 1 aliphatic carbocycles. The van der Waals surface area contributed by atoms with Gasteiger partial charge in [-0.25, -0.2) is 14.8 Å². The number of thiophene rings is 1. The normalized spacial score (nSPS) is 22.7. The summed E-state index contributed by atoms with van der Waals surface area (Å²) in [5.41, 5.74) is 2.40. The number of hydrogen-bond acceptors (Lipinski definition) is 7. The van der Waals surface area contributed by atoms with Crippen molar-refractivity contribution in [1.29, 1.82) is 0 Å². The highest BCUT2D eigenvalue weighted by atomic mass is 32.2. The number of carbonyl (C=O) groups excluding carboxylic acids is 3. The van der Waals surface area contributed by atoms with Crippen LogP contribution < -0.4 is 10.7 Å². The summed E-state index contributed by atoms with van der Waals surface area (Å²) in [6.07, 6.45) is 2.94. The third-order valence-electron chi connectivity index (χ3n) is 6.18. The number of para-hydroxylation sites is 1. The molecule has 2 aromatic heterocycles. The molecule has 0 bridgehead atoms. The predicted octanol–water partition coefficient (Wildman–Crippen LogP) is 3.98. The summed E-state index contributed by atoms with van der Waals surface area (Å²) >= 11 is 2.80. The van der Waals surface area contributed by atoms with Crippen LogP contribution in [0.15, 0.2) is 46.8 Å². The first-order valence-electron chi connectivity index (χ1n) is 10.8. The summed E-state index contributed by atoms with van der Waals surface area (Å²) in [6, 6.07) is 11.0. The molecule has 1 aromatic carbocycles. The molecule has 1 saturated heterocycles. The van der Waals surface area contributed by atoms with Gasteiger partial charge in [-0.05, 0) is 49.1 Å². The van der Waals surface area contributed by atoms with E-state index in [9.17, 15) is 14.4 Å². The van der Waals surface area contributed by atoms with Crippen LogP contribution in [0.5, 0.6) is 0 Å². The fraction of sp³-hybridized carbons (Fsp3) is 0.348. The van der Waals surface area contributed by atoms with Gasteiger partial charge in [0.15, 0.2) is 5.82 Å². The van der Waals surface area contributed by atoms with Gasteiger partial charge in [-0.1, -0.05) is 43.0 Å². The Bertz CT molecular complexity index is 1220. The molecule has 33 heavy (non-hydrogen) atoms. The number of aromatic nitrogens is 2. The van der Waals surface area contributed by atoms with Gasteiger partial charge in [0, 0.05) is 5.39 Å². The molecule has 2 aliphatic rings. The van der Waals surface area contributed by atoms with Crippen LogP contribution in [0.25, 0.3) is 21.6 Å². The van der Waals surface area contributed by atoms with E-state index in [4.69, 9.17) is 0 Å². The second kappa shape index (κ2) is 8.75. The number of imide groups is 1. The van der Waals surface area contributed by atoms with Crippen LogP contribution in [-0.4, -0.2) is 44.1 Å². The Morgan fingerprint density at radius 3 is 2.76 bits per heavy atom. The smallest absolute Gasteiger partial charge is 0.322 e. The number of carbonyl (C=O) groups is 3. The third kappa shape index (κ3) is 4.20. The number of fused-ring (bicyclic) bond motifs is 1. The fourth-order valence-electron chi connectivity index (χ4n) is 4.28. The third-order valence-corrected chi connectivity index (χ3v) is 8.03. The van der Waals surface area contributed by atoms with Crippen molar-refractivity contribution in [2.75, 3.05) is 5.75 Å². The maximum Gasteiger partial charge on any atom is 0.344 e. The summed E-state index contributed by atoms with van der Waals surface area (Å²) in [5, 5.41) is 7.14. The lowest BCUT2D eigenvalue weighted by molar-refractivity contribution is -0.139. The molecule has 170 valence electrons. The highest BCUT2D eigenvalue weighted by Crippen LogP contribution is 2.36. The summed E-state index contributed by atoms with van der Waals surface area (Å²) in [4.78, 5) is 48.4. The zero-order valence-corrected chi connectivity index (χ0v) is 19.7. The molecule has 1 spiro atoms. The van der Waals surface area contributed by atoms with Gasteiger partial charge in [0.1, 0.15) is 10.6 Å². The van der Waals surface area contributed by atoms with Crippen LogP contribution in [0.2, 0.25) is 0 Å². The van der Waals surface area contributed by atoms with E-state index in [2.05, 4.69) is 27.6 Å². The van der Waals surface area contributed by atoms with Crippen molar-refractivity contribution < 1.29 is 14.4 Å². The maximum atomic E-state index is 13.0. The van der Waals surface area contributed by atoms with Gasteiger partial charge in [-0.3, -0.25) is 15.0 Å². The average molecular weight is 482 g/mol. The van der Waals surface area contributed by atoms with Crippen molar-refractivity contribution in [3.8, 4) is 10.7 Å². The van der Waals surface area contributed by atoms with E-state index in [0.29, 0.717) is 29.6 Å².